The first-order valence-corrected chi connectivity index (χ1v) is 7.43. The second-order valence-electron chi connectivity index (χ2n) is 3.84. The Hall–Kier alpha value is -1.36. The molecule has 0 saturated heterocycles. The Morgan fingerprint density at radius 1 is 1.29 bits per heavy atom. The van der Waals surface area contributed by atoms with Gasteiger partial charge in [0.1, 0.15) is 11.5 Å². The number of ketones is 1. The number of para-hydroxylation sites is 1. The third-order valence-electron chi connectivity index (χ3n) is 2.04. The summed E-state index contributed by atoms with van der Waals surface area (Å²) < 4.78 is 27.6. The molecule has 0 heterocycles. The van der Waals surface area contributed by atoms with Crippen LogP contribution in [0, 0.1) is 0 Å². The van der Waals surface area contributed by atoms with Crippen LogP contribution in [-0.2, 0) is 9.84 Å². The fourth-order valence-corrected chi connectivity index (χ4v) is 1.98. The second-order valence-corrected chi connectivity index (χ2v) is 5.98. The van der Waals surface area contributed by atoms with Crippen molar-refractivity contribution in [1.82, 2.24) is 0 Å². The molecule has 0 aliphatic carbocycles. The molecule has 0 radical (unpaired) electrons. The molecule has 0 aliphatic heterocycles. The molecule has 5 heteroatoms. The zero-order valence-corrected chi connectivity index (χ0v) is 10.8. The first-order chi connectivity index (χ1) is 7.94. The van der Waals surface area contributed by atoms with Crippen molar-refractivity contribution >= 4 is 15.6 Å². The SMILES string of the molecule is CCCOc1ccccc1C(=O)CS(C)(=O)=O. The molecular formula is C12H16O4S. The number of hydrogen-bond acceptors (Lipinski definition) is 4. The van der Waals surface area contributed by atoms with Crippen LogP contribution < -0.4 is 4.74 Å². The van der Waals surface area contributed by atoms with Gasteiger partial charge in [-0.25, -0.2) is 8.42 Å². The van der Waals surface area contributed by atoms with Gasteiger partial charge in [-0.2, -0.15) is 0 Å². The van der Waals surface area contributed by atoms with Crippen molar-refractivity contribution in [2.75, 3.05) is 18.6 Å². The number of hydrogen-bond donors (Lipinski definition) is 0. The molecule has 1 aromatic rings. The van der Waals surface area contributed by atoms with Crippen LogP contribution in [0.25, 0.3) is 0 Å². The maximum absolute atomic E-state index is 11.8. The minimum absolute atomic E-state index is 0.325. The van der Waals surface area contributed by atoms with Crippen LogP contribution >= 0.6 is 0 Å². The molecule has 0 aromatic heterocycles. The molecule has 4 nitrogen and oxygen atoms in total. The number of benzene rings is 1. The minimum atomic E-state index is -3.31. The van der Waals surface area contributed by atoms with Crippen molar-refractivity contribution in [3.05, 3.63) is 29.8 Å². The highest BCUT2D eigenvalue weighted by atomic mass is 32.2. The Labute approximate surface area is 102 Å². The molecule has 0 atom stereocenters. The molecule has 0 aliphatic rings. The topological polar surface area (TPSA) is 60.4 Å². The quantitative estimate of drug-likeness (QED) is 0.727. The van der Waals surface area contributed by atoms with E-state index in [2.05, 4.69) is 0 Å². The van der Waals surface area contributed by atoms with E-state index in [1.807, 2.05) is 6.92 Å². The Balaban J connectivity index is 2.92. The molecule has 94 valence electrons. The van der Waals surface area contributed by atoms with Gasteiger partial charge in [0.2, 0.25) is 0 Å². The van der Waals surface area contributed by atoms with Gasteiger partial charge in [0, 0.05) is 6.26 Å². The number of rotatable bonds is 6. The van der Waals surface area contributed by atoms with E-state index in [9.17, 15) is 13.2 Å². The summed E-state index contributed by atoms with van der Waals surface area (Å²) >= 11 is 0. The van der Waals surface area contributed by atoms with Crippen LogP contribution in [-0.4, -0.2) is 32.8 Å². The zero-order valence-electron chi connectivity index (χ0n) is 9.97. The van der Waals surface area contributed by atoms with Crippen molar-refractivity contribution in [1.29, 1.82) is 0 Å². The standard InChI is InChI=1S/C12H16O4S/c1-3-8-16-12-7-5-4-6-10(12)11(13)9-17(2,14)15/h4-7H,3,8-9H2,1-2H3. The van der Waals surface area contributed by atoms with Gasteiger partial charge >= 0.3 is 0 Å². The lowest BCUT2D eigenvalue weighted by atomic mass is 10.1. The van der Waals surface area contributed by atoms with Gasteiger partial charge in [-0.1, -0.05) is 19.1 Å². The van der Waals surface area contributed by atoms with Crippen LogP contribution in [0.1, 0.15) is 23.7 Å². The highest BCUT2D eigenvalue weighted by Gasteiger charge is 2.16. The molecule has 0 N–H and O–H groups in total. The van der Waals surface area contributed by atoms with Crippen LogP contribution in [0.2, 0.25) is 0 Å². The number of carbonyl (C=O) groups is 1. The molecule has 0 bridgehead atoms. The van der Waals surface area contributed by atoms with Crippen molar-refractivity contribution < 1.29 is 17.9 Å². The second kappa shape index (κ2) is 5.82. The number of carbonyl (C=O) groups excluding carboxylic acids is 1. The smallest absolute Gasteiger partial charge is 0.181 e. The summed E-state index contributed by atoms with van der Waals surface area (Å²) in [6.45, 7) is 2.46. The summed E-state index contributed by atoms with van der Waals surface area (Å²) in [6.07, 6.45) is 1.87. The highest BCUT2D eigenvalue weighted by molar-refractivity contribution is 7.91. The maximum Gasteiger partial charge on any atom is 0.181 e. The zero-order chi connectivity index (χ0) is 12.9. The molecule has 0 fully saturated rings. The third-order valence-corrected chi connectivity index (χ3v) is 2.83. The summed E-state index contributed by atoms with van der Waals surface area (Å²) in [5.74, 6) is -0.471. The fourth-order valence-electron chi connectivity index (χ4n) is 1.35. The molecule has 0 spiro atoms. The molecule has 0 amide bonds. The molecule has 1 aromatic carbocycles. The van der Waals surface area contributed by atoms with E-state index in [0.717, 1.165) is 12.7 Å². The number of ether oxygens (including phenoxy) is 1. The summed E-state index contributed by atoms with van der Waals surface area (Å²) in [6, 6.07) is 6.69. The monoisotopic (exact) mass is 256 g/mol. The van der Waals surface area contributed by atoms with E-state index in [1.165, 1.54) is 0 Å². The van der Waals surface area contributed by atoms with E-state index in [4.69, 9.17) is 4.74 Å². The van der Waals surface area contributed by atoms with Crippen molar-refractivity contribution in [3.8, 4) is 5.75 Å². The third kappa shape index (κ3) is 4.56. The molecule has 1 rings (SSSR count). The summed E-state index contributed by atoms with van der Waals surface area (Å²) in [5.41, 5.74) is 0.325. The summed E-state index contributed by atoms with van der Waals surface area (Å²) in [7, 11) is -3.31. The maximum atomic E-state index is 11.8. The van der Waals surface area contributed by atoms with Crippen LogP contribution in [0.15, 0.2) is 24.3 Å². The predicted molar refractivity (Wildman–Crippen MR) is 66.3 cm³/mol. The minimum Gasteiger partial charge on any atom is -0.493 e. The molecule has 17 heavy (non-hydrogen) atoms. The normalized spacial score (nSPS) is 11.2. The highest BCUT2D eigenvalue weighted by Crippen LogP contribution is 2.19. The molecular weight excluding hydrogens is 240 g/mol. The van der Waals surface area contributed by atoms with E-state index in [0.29, 0.717) is 17.9 Å². The lowest BCUT2D eigenvalue weighted by molar-refractivity contribution is 0.101. The first kappa shape index (κ1) is 13.7. The Morgan fingerprint density at radius 2 is 1.94 bits per heavy atom. The summed E-state index contributed by atoms with van der Waals surface area (Å²) in [4.78, 5) is 11.8. The lowest BCUT2D eigenvalue weighted by Crippen LogP contribution is -2.15. The van der Waals surface area contributed by atoms with Gasteiger partial charge in [-0.05, 0) is 18.6 Å². The van der Waals surface area contributed by atoms with Gasteiger partial charge in [0.15, 0.2) is 15.6 Å². The average molecular weight is 256 g/mol. The van der Waals surface area contributed by atoms with Gasteiger partial charge < -0.3 is 4.74 Å². The number of sulfone groups is 1. The van der Waals surface area contributed by atoms with E-state index < -0.39 is 21.4 Å². The van der Waals surface area contributed by atoms with Crippen molar-refractivity contribution in [2.24, 2.45) is 0 Å². The van der Waals surface area contributed by atoms with Gasteiger partial charge in [-0.3, -0.25) is 4.79 Å². The Morgan fingerprint density at radius 3 is 2.53 bits per heavy atom. The first-order valence-electron chi connectivity index (χ1n) is 5.37. The van der Waals surface area contributed by atoms with Crippen LogP contribution in [0.5, 0.6) is 5.75 Å². The summed E-state index contributed by atoms with van der Waals surface area (Å²) in [5, 5.41) is 0. The van der Waals surface area contributed by atoms with Crippen LogP contribution in [0.4, 0.5) is 0 Å². The number of Topliss-reactive ketones (excluding diaryl/α,β-unsaturated/α-hetero) is 1. The van der Waals surface area contributed by atoms with Crippen LogP contribution in [0.3, 0.4) is 0 Å². The van der Waals surface area contributed by atoms with Gasteiger partial charge in [0.05, 0.1) is 12.2 Å². The Kier molecular flexibility index (Phi) is 4.69. The fraction of sp³-hybridized carbons (Fsp3) is 0.417. The van der Waals surface area contributed by atoms with E-state index >= 15 is 0 Å². The largest absolute Gasteiger partial charge is 0.493 e. The van der Waals surface area contributed by atoms with E-state index in [1.54, 1.807) is 24.3 Å². The van der Waals surface area contributed by atoms with Gasteiger partial charge in [0.25, 0.3) is 0 Å². The van der Waals surface area contributed by atoms with Gasteiger partial charge in [-0.15, -0.1) is 0 Å². The van der Waals surface area contributed by atoms with E-state index in [-0.39, 0.29) is 0 Å². The van der Waals surface area contributed by atoms with Crippen molar-refractivity contribution in [3.63, 3.8) is 0 Å². The molecule has 0 unspecified atom stereocenters. The molecule has 0 saturated carbocycles. The lowest BCUT2D eigenvalue weighted by Gasteiger charge is -2.09. The predicted octanol–water partition coefficient (Wildman–Crippen LogP) is 1.70. The van der Waals surface area contributed by atoms with Crippen molar-refractivity contribution in [2.45, 2.75) is 13.3 Å². The Bertz CT molecular complexity index is 491. The average Bonchev–Trinajstić information content (AvgIpc) is 2.24.